The van der Waals surface area contributed by atoms with Gasteiger partial charge in [-0.1, -0.05) is 30.3 Å². The van der Waals surface area contributed by atoms with E-state index in [0.717, 1.165) is 5.56 Å². The Balaban J connectivity index is 1.86. The molecule has 0 unspecified atom stereocenters. The number of alkyl halides is 3. The van der Waals surface area contributed by atoms with E-state index in [2.05, 4.69) is 14.8 Å². The summed E-state index contributed by atoms with van der Waals surface area (Å²) >= 11 is 0. The van der Waals surface area contributed by atoms with Crippen LogP contribution in [0.5, 0.6) is 0 Å². The van der Waals surface area contributed by atoms with Gasteiger partial charge in [0.15, 0.2) is 12.0 Å². The molecule has 2 aromatic rings. The molecule has 1 aliphatic rings. The van der Waals surface area contributed by atoms with Crippen molar-refractivity contribution in [3.05, 3.63) is 41.7 Å². The van der Waals surface area contributed by atoms with Crippen molar-refractivity contribution in [3.63, 3.8) is 0 Å². The topological polar surface area (TPSA) is 74.1 Å². The van der Waals surface area contributed by atoms with E-state index in [1.807, 2.05) is 6.07 Å². The molecule has 1 aliphatic heterocycles. The molecule has 10 heteroatoms. The van der Waals surface area contributed by atoms with Gasteiger partial charge in [-0.15, -0.1) is 5.10 Å². The van der Waals surface area contributed by atoms with Crippen LogP contribution in [0.15, 0.2) is 35.5 Å². The highest BCUT2D eigenvalue weighted by molar-refractivity contribution is 7.91. The Morgan fingerprint density at radius 3 is 2.67 bits per heavy atom. The summed E-state index contributed by atoms with van der Waals surface area (Å²) in [6, 6.07) is 8.52. The summed E-state index contributed by atoms with van der Waals surface area (Å²) in [5, 5.41) is 3.33. The largest absolute Gasteiger partial charge is 0.345 e. The number of hydrogen-bond donors (Lipinski definition) is 0. The van der Waals surface area contributed by atoms with Crippen molar-refractivity contribution in [1.29, 1.82) is 0 Å². The van der Waals surface area contributed by atoms with Gasteiger partial charge < -0.3 is 4.74 Å². The summed E-state index contributed by atoms with van der Waals surface area (Å²) in [7, 11) is -4.03. The molecule has 2 heterocycles. The van der Waals surface area contributed by atoms with Crippen LogP contribution in [-0.2, 0) is 14.6 Å². The van der Waals surface area contributed by atoms with Gasteiger partial charge in [0.1, 0.15) is 0 Å². The summed E-state index contributed by atoms with van der Waals surface area (Å²) in [4.78, 5) is 3.76. The Bertz CT molecular complexity index is 811. The SMILES string of the molecule is O=S(=O)(CCOC(F)F)c1nc2n(n1)[C@H](c1ccccc1)C[C@@H]2F. The lowest BCUT2D eigenvalue weighted by Crippen LogP contribution is -2.16. The Labute approximate surface area is 136 Å². The van der Waals surface area contributed by atoms with E-state index < -0.39 is 46.2 Å². The number of aromatic nitrogens is 3. The van der Waals surface area contributed by atoms with Gasteiger partial charge in [-0.2, -0.15) is 13.8 Å². The third-order valence-corrected chi connectivity index (χ3v) is 5.14. The van der Waals surface area contributed by atoms with Gasteiger partial charge >= 0.3 is 6.61 Å². The Morgan fingerprint density at radius 2 is 2.00 bits per heavy atom. The molecule has 1 aromatic heterocycles. The van der Waals surface area contributed by atoms with Crippen molar-refractivity contribution < 1.29 is 26.3 Å². The maximum Gasteiger partial charge on any atom is 0.345 e. The molecule has 3 rings (SSSR count). The second-order valence-corrected chi connectivity index (χ2v) is 7.28. The standard InChI is InChI=1S/C14H14F3N3O3S/c15-10-8-11(9-4-2-1-3-5-9)20-12(10)18-14(19-20)24(21,22)7-6-23-13(16)17/h1-5,10-11,13H,6-8H2/t10-,11-/m0/s1. The van der Waals surface area contributed by atoms with E-state index in [-0.39, 0.29) is 12.2 Å². The fraction of sp³-hybridized carbons (Fsp3) is 0.429. The van der Waals surface area contributed by atoms with Crippen molar-refractivity contribution in [3.8, 4) is 0 Å². The highest BCUT2D eigenvalue weighted by Crippen LogP contribution is 2.39. The van der Waals surface area contributed by atoms with Gasteiger partial charge in [0.2, 0.25) is 9.84 Å². The summed E-state index contributed by atoms with van der Waals surface area (Å²) in [5.74, 6) is -0.773. The van der Waals surface area contributed by atoms with Crippen LogP contribution in [0.2, 0.25) is 0 Å². The van der Waals surface area contributed by atoms with Gasteiger partial charge in [0.25, 0.3) is 5.16 Å². The molecular weight excluding hydrogens is 347 g/mol. The molecular formula is C14H14F3N3O3S. The summed E-state index contributed by atoms with van der Waals surface area (Å²) < 4.78 is 67.4. The molecule has 0 bridgehead atoms. The number of nitrogens with zero attached hydrogens (tertiary/aromatic N) is 3. The van der Waals surface area contributed by atoms with E-state index in [1.165, 1.54) is 4.68 Å². The van der Waals surface area contributed by atoms with Crippen LogP contribution >= 0.6 is 0 Å². The average molecular weight is 361 g/mol. The summed E-state index contributed by atoms with van der Waals surface area (Å²) in [5.41, 5.74) is 0.786. The predicted octanol–water partition coefficient (Wildman–Crippen LogP) is 2.29. The molecule has 0 amide bonds. The van der Waals surface area contributed by atoms with Gasteiger partial charge in [-0.05, 0) is 5.56 Å². The Kier molecular flexibility index (Phi) is 4.59. The fourth-order valence-corrected chi connectivity index (χ4v) is 3.52. The molecule has 24 heavy (non-hydrogen) atoms. The molecule has 1 aromatic carbocycles. The maximum absolute atomic E-state index is 14.2. The molecule has 0 N–H and O–H groups in total. The number of hydrogen-bond acceptors (Lipinski definition) is 5. The van der Waals surface area contributed by atoms with Gasteiger partial charge in [0.05, 0.1) is 18.4 Å². The highest BCUT2D eigenvalue weighted by Gasteiger charge is 2.37. The van der Waals surface area contributed by atoms with Crippen molar-refractivity contribution in [2.75, 3.05) is 12.4 Å². The smallest absolute Gasteiger partial charge is 0.322 e. The lowest BCUT2D eigenvalue weighted by atomic mass is 10.0. The first-order chi connectivity index (χ1) is 11.4. The molecule has 2 atom stereocenters. The Hall–Kier alpha value is -1.94. The zero-order chi connectivity index (χ0) is 17.3. The predicted molar refractivity (Wildman–Crippen MR) is 77.1 cm³/mol. The fourth-order valence-electron chi connectivity index (χ4n) is 2.58. The Morgan fingerprint density at radius 1 is 1.29 bits per heavy atom. The number of fused-ring (bicyclic) bond motifs is 1. The van der Waals surface area contributed by atoms with E-state index in [9.17, 15) is 21.6 Å². The third-order valence-electron chi connectivity index (χ3n) is 3.70. The lowest BCUT2D eigenvalue weighted by molar-refractivity contribution is -0.123. The molecule has 6 nitrogen and oxygen atoms in total. The second-order valence-electron chi connectivity index (χ2n) is 5.28. The zero-order valence-electron chi connectivity index (χ0n) is 12.3. The van der Waals surface area contributed by atoms with E-state index >= 15 is 0 Å². The van der Waals surface area contributed by atoms with Crippen LogP contribution in [0, 0.1) is 0 Å². The highest BCUT2D eigenvalue weighted by atomic mass is 32.2. The number of rotatable bonds is 6. The molecule has 0 saturated carbocycles. The number of ether oxygens (including phenoxy) is 1. The minimum atomic E-state index is -4.03. The molecule has 0 aliphatic carbocycles. The third kappa shape index (κ3) is 3.29. The van der Waals surface area contributed by atoms with Gasteiger partial charge in [-0.25, -0.2) is 17.5 Å². The van der Waals surface area contributed by atoms with Crippen molar-refractivity contribution >= 4 is 9.84 Å². The van der Waals surface area contributed by atoms with Crippen LogP contribution in [-0.4, -0.2) is 42.2 Å². The van der Waals surface area contributed by atoms with E-state index in [1.54, 1.807) is 24.3 Å². The molecule has 0 radical (unpaired) electrons. The van der Waals surface area contributed by atoms with Gasteiger partial charge in [0, 0.05) is 6.42 Å². The van der Waals surface area contributed by atoms with Crippen LogP contribution < -0.4 is 0 Å². The number of halogens is 3. The summed E-state index contributed by atoms with van der Waals surface area (Å²) in [6.07, 6.45) is -1.32. The van der Waals surface area contributed by atoms with Crippen LogP contribution in [0.3, 0.4) is 0 Å². The first-order valence-electron chi connectivity index (χ1n) is 7.16. The monoisotopic (exact) mass is 361 g/mol. The van der Waals surface area contributed by atoms with E-state index in [4.69, 9.17) is 0 Å². The maximum atomic E-state index is 14.2. The molecule has 0 spiro atoms. The zero-order valence-corrected chi connectivity index (χ0v) is 13.2. The summed E-state index contributed by atoms with van der Waals surface area (Å²) in [6.45, 7) is -3.75. The van der Waals surface area contributed by atoms with Gasteiger partial charge in [-0.3, -0.25) is 0 Å². The van der Waals surface area contributed by atoms with Crippen LogP contribution in [0.25, 0.3) is 0 Å². The van der Waals surface area contributed by atoms with Crippen LogP contribution in [0.1, 0.15) is 30.0 Å². The average Bonchev–Trinajstić information content (AvgIpc) is 3.09. The number of benzene rings is 1. The second kappa shape index (κ2) is 6.52. The van der Waals surface area contributed by atoms with Crippen molar-refractivity contribution in [1.82, 2.24) is 14.8 Å². The first-order valence-corrected chi connectivity index (χ1v) is 8.81. The first kappa shape index (κ1) is 16.9. The quantitative estimate of drug-likeness (QED) is 0.789. The van der Waals surface area contributed by atoms with Crippen LogP contribution in [0.4, 0.5) is 13.2 Å². The lowest BCUT2D eigenvalue weighted by Gasteiger charge is -2.11. The molecule has 130 valence electrons. The molecule has 0 fully saturated rings. The van der Waals surface area contributed by atoms with E-state index in [0.29, 0.717) is 0 Å². The minimum absolute atomic E-state index is 0.0720. The van der Waals surface area contributed by atoms with Crippen molar-refractivity contribution in [2.45, 2.75) is 30.4 Å². The normalized spacial score (nSPS) is 20.5. The van der Waals surface area contributed by atoms with Crippen molar-refractivity contribution in [2.24, 2.45) is 0 Å². The number of sulfone groups is 1. The minimum Gasteiger partial charge on any atom is -0.322 e. The molecule has 0 saturated heterocycles.